The van der Waals surface area contributed by atoms with Crippen molar-refractivity contribution >= 4 is 23.4 Å². The summed E-state index contributed by atoms with van der Waals surface area (Å²) in [5, 5.41) is 9.72. The molecule has 90 valence electrons. The van der Waals surface area contributed by atoms with Crippen molar-refractivity contribution in [2.75, 3.05) is 0 Å². The standard InChI is InChI=1S/C11H13ClN4S/c1-16-10(6-13)14-15-11(16)17-7-8-4-2-3-5-9(8)12/h2-5H,6-7,13H2,1H3. The predicted octanol–water partition coefficient (Wildman–Crippen LogP) is 2.22. The summed E-state index contributed by atoms with van der Waals surface area (Å²) in [7, 11) is 1.91. The first-order valence-electron chi connectivity index (χ1n) is 5.17. The molecule has 2 aromatic rings. The van der Waals surface area contributed by atoms with Crippen LogP contribution < -0.4 is 5.73 Å². The van der Waals surface area contributed by atoms with E-state index < -0.39 is 0 Å². The molecular formula is C11H13ClN4S. The van der Waals surface area contributed by atoms with Crippen molar-refractivity contribution in [2.45, 2.75) is 17.5 Å². The van der Waals surface area contributed by atoms with Crippen molar-refractivity contribution in [3.8, 4) is 0 Å². The second-order valence-electron chi connectivity index (χ2n) is 3.54. The molecule has 2 rings (SSSR count). The van der Waals surface area contributed by atoms with Gasteiger partial charge in [-0.3, -0.25) is 0 Å². The van der Waals surface area contributed by atoms with Crippen LogP contribution in [0, 0.1) is 0 Å². The van der Waals surface area contributed by atoms with Crippen LogP contribution in [0.1, 0.15) is 11.4 Å². The Morgan fingerprint density at radius 2 is 2.12 bits per heavy atom. The molecule has 0 amide bonds. The molecule has 4 nitrogen and oxygen atoms in total. The molecule has 1 heterocycles. The Balaban J connectivity index is 2.07. The topological polar surface area (TPSA) is 56.7 Å². The van der Waals surface area contributed by atoms with E-state index in [1.165, 1.54) is 0 Å². The third-order valence-electron chi connectivity index (χ3n) is 2.42. The van der Waals surface area contributed by atoms with Crippen LogP contribution >= 0.6 is 23.4 Å². The summed E-state index contributed by atoms with van der Waals surface area (Å²) < 4.78 is 1.90. The van der Waals surface area contributed by atoms with Crippen LogP contribution in [0.25, 0.3) is 0 Å². The zero-order valence-electron chi connectivity index (χ0n) is 9.43. The molecule has 0 bridgehead atoms. The van der Waals surface area contributed by atoms with Gasteiger partial charge in [-0.2, -0.15) is 0 Å². The van der Waals surface area contributed by atoms with E-state index in [1.807, 2.05) is 35.9 Å². The molecule has 0 fully saturated rings. The molecule has 6 heteroatoms. The molecule has 0 unspecified atom stereocenters. The number of aromatic nitrogens is 3. The quantitative estimate of drug-likeness (QED) is 0.864. The summed E-state index contributed by atoms with van der Waals surface area (Å²) in [6.07, 6.45) is 0. The summed E-state index contributed by atoms with van der Waals surface area (Å²) in [6.45, 7) is 0.399. The molecule has 2 N–H and O–H groups in total. The lowest BCUT2D eigenvalue weighted by molar-refractivity contribution is 0.734. The second-order valence-corrected chi connectivity index (χ2v) is 4.89. The number of thioether (sulfide) groups is 1. The normalized spacial score (nSPS) is 10.8. The zero-order chi connectivity index (χ0) is 12.3. The van der Waals surface area contributed by atoms with Crippen molar-refractivity contribution in [1.82, 2.24) is 14.8 Å². The Morgan fingerprint density at radius 1 is 1.35 bits per heavy atom. The summed E-state index contributed by atoms with van der Waals surface area (Å²) in [4.78, 5) is 0. The number of nitrogens with zero attached hydrogens (tertiary/aromatic N) is 3. The lowest BCUT2D eigenvalue weighted by Crippen LogP contribution is -2.05. The van der Waals surface area contributed by atoms with Crippen LogP contribution in [0.3, 0.4) is 0 Å². The van der Waals surface area contributed by atoms with E-state index in [-0.39, 0.29) is 0 Å². The first kappa shape index (κ1) is 12.4. The van der Waals surface area contributed by atoms with Gasteiger partial charge in [0.2, 0.25) is 0 Å². The highest BCUT2D eigenvalue weighted by atomic mass is 35.5. The summed E-state index contributed by atoms with van der Waals surface area (Å²) in [5.41, 5.74) is 6.64. The number of halogens is 1. The molecule has 0 spiro atoms. The lowest BCUT2D eigenvalue weighted by Gasteiger charge is -2.04. The average molecular weight is 269 g/mol. The monoisotopic (exact) mass is 268 g/mol. The Bertz CT molecular complexity index is 512. The van der Waals surface area contributed by atoms with Gasteiger partial charge in [0, 0.05) is 17.8 Å². The molecule has 0 aliphatic carbocycles. The third-order valence-corrected chi connectivity index (χ3v) is 3.86. The molecule has 0 atom stereocenters. The van der Waals surface area contributed by atoms with Gasteiger partial charge in [-0.1, -0.05) is 41.6 Å². The molecule has 0 saturated heterocycles. The third kappa shape index (κ3) is 2.80. The van der Waals surface area contributed by atoms with Gasteiger partial charge in [-0.05, 0) is 11.6 Å². The Labute approximate surface area is 109 Å². The minimum absolute atomic E-state index is 0.399. The highest BCUT2D eigenvalue weighted by molar-refractivity contribution is 7.98. The number of hydrogen-bond donors (Lipinski definition) is 1. The fourth-order valence-electron chi connectivity index (χ4n) is 1.41. The number of benzene rings is 1. The summed E-state index contributed by atoms with van der Waals surface area (Å²) >= 11 is 7.69. The second kappa shape index (κ2) is 5.53. The van der Waals surface area contributed by atoms with Crippen molar-refractivity contribution in [2.24, 2.45) is 12.8 Å². The fraction of sp³-hybridized carbons (Fsp3) is 0.273. The molecule has 1 aromatic carbocycles. The van der Waals surface area contributed by atoms with Crippen LogP contribution in [0.2, 0.25) is 5.02 Å². The van der Waals surface area contributed by atoms with Crippen molar-refractivity contribution in [3.05, 3.63) is 40.7 Å². The van der Waals surface area contributed by atoms with Crippen LogP contribution in [0.5, 0.6) is 0 Å². The maximum atomic E-state index is 6.09. The molecule has 1 aromatic heterocycles. The molecule has 0 aliphatic rings. The number of hydrogen-bond acceptors (Lipinski definition) is 4. The van der Waals surface area contributed by atoms with Gasteiger partial charge < -0.3 is 10.3 Å². The SMILES string of the molecule is Cn1c(CN)nnc1SCc1ccccc1Cl. The van der Waals surface area contributed by atoms with E-state index in [0.29, 0.717) is 6.54 Å². The van der Waals surface area contributed by atoms with E-state index in [1.54, 1.807) is 11.8 Å². The van der Waals surface area contributed by atoms with Gasteiger partial charge in [0.25, 0.3) is 0 Å². The highest BCUT2D eigenvalue weighted by Gasteiger charge is 2.08. The first-order chi connectivity index (χ1) is 8.22. The minimum atomic E-state index is 0.399. The van der Waals surface area contributed by atoms with Gasteiger partial charge in [0.15, 0.2) is 5.16 Å². The average Bonchev–Trinajstić information content (AvgIpc) is 2.69. The van der Waals surface area contributed by atoms with E-state index in [4.69, 9.17) is 17.3 Å². The van der Waals surface area contributed by atoms with Crippen LogP contribution in [0.4, 0.5) is 0 Å². The lowest BCUT2D eigenvalue weighted by atomic mass is 10.2. The van der Waals surface area contributed by atoms with Gasteiger partial charge in [-0.15, -0.1) is 10.2 Å². The zero-order valence-corrected chi connectivity index (χ0v) is 11.0. The highest BCUT2D eigenvalue weighted by Crippen LogP contribution is 2.25. The van der Waals surface area contributed by atoms with Crippen molar-refractivity contribution < 1.29 is 0 Å². The van der Waals surface area contributed by atoms with E-state index in [9.17, 15) is 0 Å². The first-order valence-corrected chi connectivity index (χ1v) is 6.53. The number of nitrogens with two attached hydrogens (primary N) is 1. The number of rotatable bonds is 4. The van der Waals surface area contributed by atoms with E-state index in [2.05, 4.69) is 10.2 Å². The maximum Gasteiger partial charge on any atom is 0.191 e. The van der Waals surface area contributed by atoms with E-state index in [0.717, 1.165) is 27.3 Å². The summed E-state index contributed by atoms with van der Waals surface area (Å²) in [5.74, 6) is 1.56. The predicted molar refractivity (Wildman–Crippen MR) is 69.9 cm³/mol. The Hall–Kier alpha value is -1.04. The Kier molecular flexibility index (Phi) is 4.04. The van der Waals surface area contributed by atoms with Gasteiger partial charge in [-0.25, -0.2) is 0 Å². The van der Waals surface area contributed by atoms with Crippen LogP contribution in [-0.2, 0) is 19.3 Å². The molecule has 0 radical (unpaired) electrons. The van der Waals surface area contributed by atoms with Gasteiger partial charge in [0.1, 0.15) is 5.82 Å². The van der Waals surface area contributed by atoms with Crippen molar-refractivity contribution in [1.29, 1.82) is 0 Å². The maximum absolute atomic E-state index is 6.09. The van der Waals surface area contributed by atoms with Crippen LogP contribution in [0.15, 0.2) is 29.4 Å². The van der Waals surface area contributed by atoms with Crippen LogP contribution in [-0.4, -0.2) is 14.8 Å². The Morgan fingerprint density at radius 3 is 2.76 bits per heavy atom. The smallest absolute Gasteiger partial charge is 0.191 e. The van der Waals surface area contributed by atoms with E-state index >= 15 is 0 Å². The van der Waals surface area contributed by atoms with Gasteiger partial charge in [0.05, 0.1) is 6.54 Å². The molecule has 0 aliphatic heterocycles. The molecule has 17 heavy (non-hydrogen) atoms. The minimum Gasteiger partial charge on any atom is -0.324 e. The summed E-state index contributed by atoms with van der Waals surface area (Å²) in [6, 6.07) is 7.80. The largest absolute Gasteiger partial charge is 0.324 e. The fourth-order valence-corrected chi connectivity index (χ4v) is 2.62. The van der Waals surface area contributed by atoms with Crippen molar-refractivity contribution in [3.63, 3.8) is 0 Å². The molecule has 0 saturated carbocycles. The van der Waals surface area contributed by atoms with Gasteiger partial charge >= 0.3 is 0 Å². The molecular weight excluding hydrogens is 256 g/mol.